The molecule has 4 nitrogen and oxygen atoms in total. The first-order valence-corrected chi connectivity index (χ1v) is 5.72. The SMILES string of the molecule is Sc1nc2ccccc2n1-c1cncc(Cl)n1. The molecule has 0 radical (unpaired) electrons. The first-order chi connectivity index (χ1) is 8.25. The lowest BCUT2D eigenvalue weighted by atomic mass is 10.3. The molecule has 1 aromatic carbocycles. The van der Waals surface area contributed by atoms with Gasteiger partial charge in [-0.25, -0.2) is 9.97 Å². The Morgan fingerprint density at radius 3 is 2.76 bits per heavy atom. The minimum absolute atomic E-state index is 0.341. The van der Waals surface area contributed by atoms with E-state index in [1.807, 2.05) is 24.3 Å². The molecule has 0 atom stereocenters. The fraction of sp³-hybridized carbons (Fsp3) is 0. The summed E-state index contributed by atoms with van der Waals surface area (Å²) >= 11 is 10.2. The molecule has 0 aliphatic heterocycles. The quantitative estimate of drug-likeness (QED) is 0.686. The summed E-state index contributed by atoms with van der Waals surface area (Å²) in [7, 11) is 0. The fourth-order valence-corrected chi connectivity index (χ4v) is 2.14. The lowest BCUT2D eigenvalue weighted by Crippen LogP contribution is -1.99. The highest BCUT2D eigenvalue weighted by Crippen LogP contribution is 2.22. The van der Waals surface area contributed by atoms with Gasteiger partial charge in [0.15, 0.2) is 11.0 Å². The second-order valence-electron chi connectivity index (χ2n) is 3.44. The summed E-state index contributed by atoms with van der Waals surface area (Å²) in [4.78, 5) is 12.6. The Morgan fingerprint density at radius 1 is 1.12 bits per heavy atom. The summed E-state index contributed by atoms with van der Waals surface area (Å²) in [6.45, 7) is 0. The molecule has 0 spiro atoms. The fourth-order valence-electron chi connectivity index (χ4n) is 1.68. The van der Waals surface area contributed by atoms with Gasteiger partial charge in [0, 0.05) is 0 Å². The van der Waals surface area contributed by atoms with E-state index in [4.69, 9.17) is 11.6 Å². The van der Waals surface area contributed by atoms with Crippen LogP contribution in [-0.2, 0) is 0 Å². The number of aromatic nitrogens is 4. The molecule has 0 bridgehead atoms. The van der Waals surface area contributed by atoms with Gasteiger partial charge in [-0.2, -0.15) is 0 Å². The molecule has 3 aromatic rings. The van der Waals surface area contributed by atoms with Crippen LogP contribution < -0.4 is 0 Å². The van der Waals surface area contributed by atoms with Crippen molar-refractivity contribution in [1.82, 2.24) is 19.5 Å². The number of imidazole rings is 1. The Balaban J connectivity index is 2.33. The van der Waals surface area contributed by atoms with Gasteiger partial charge >= 0.3 is 0 Å². The third kappa shape index (κ3) is 1.77. The maximum Gasteiger partial charge on any atom is 0.171 e. The second-order valence-corrected chi connectivity index (χ2v) is 4.22. The van der Waals surface area contributed by atoms with E-state index >= 15 is 0 Å². The molecule has 2 aromatic heterocycles. The van der Waals surface area contributed by atoms with Crippen molar-refractivity contribution < 1.29 is 0 Å². The van der Waals surface area contributed by atoms with Gasteiger partial charge in [-0.05, 0) is 12.1 Å². The molecule has 84 valence electrons. The summed E-state index contributed by atoms with van der Waals surface area (Å²) in [5, 5.41) is 0.899. The predicted octanol–water partition coefficient (Wildman–Crippen LogP) is 2.76. The second kappa shape index (κ2) is 4.01. The molecule has 6 heteroatoms. The molecule has 0 amide bonds. The van der Waals surface area contributed by atoms with Crippen molar-refractivity contribution in [1.29, 1.82) is 0 Å². The van der Waals surface area contributed by atoms with Crippen molar-refractivity contribution in [2.24, 2.45) is 0 Å². The van der Waals surface area contributed by atoms with Crippen molar-refractivity contribution in [3.8, 4) is 5.82 Å². The van der Waals surface area contributed by atoms with Crippen molar-refractivity contribution in [2.45, 2.75) is 5.16 Å². The van der Waals surface area contributed by atoms with Crippen molar-refractivity contribution in [2.75, 3.05) is 0 Å². The van der Waals surface area contributed by atoms with Crippen LogP contribution >= 0.6 is 24.2 Å². The number of hydrogen-bond acceptors (Lipinski definition) is 4. The van der Waals surface area contributed by atoms with E-state index in [9.17, 15) is 0 Å². The molecular formula is C11H7ClN4S. The standard InChI is InChI=1S/C11H7ClN4S/c12-9-5-13-6-10(15-9)16-8-4-2-1-3-7(8)14-11(16)17/h1-6H,(H,14,17). The van der Waals surface area contributed by atoms with Crippen LogP contribution in [0.1, 0.15) is 0 Å². The van der Waals surface area contributed by atoms with Crippen molar-refractivity contribution >= 4 is 35.3 Å². The predicted molar refractivity (Wildman–Crippen MR) is 68.9 cm³/mol. The van der Waals surface area contributed by atoms with Crippen LogP contribution in [0.5, 0.6) is 0 Å². The zero-order chi connectivity index (χ0) is 11.8. The van der Waals surface area contributed by atoms with Crippen LogP contribution in [-0.4, -0.2) is 19.5 Å². The molecule has 0 fully saturated rings. The van der Waals surface area contributed by atoms with Crippen LogP contribution in [0.25, 0.3) is 16.9 Å². The summed E-state index contributed by atoms with van der Waals surface area (Å²) < 4.78 is 1.80. The lowest BCUT2D eigenvalue weighted by Gasteiger charge is -2.04. The maximum absolute atomic E-state index is 5.83. The van der Waals surface area contributed by atoms with Crippen molar-refractivity contribution in [3.05, 3.63) is 41.8 Å². The highest BCUT2D eigenvalue weighted by molar-refractivity contribution is 7.80. The van der Waals surface area contributed by atoms with E-state index in [1.165, 1.54) is 6.20 Å². The number of para-hydroxylation sites is 2. The third-order valence-electron chi connectivity index (χ3n) is 2.36. The van der Waals surface area contributed by atoms with Crippen LogP contribution in [0, 0.1) is 0 Å². The number of halogens is 1. The zero-order valence-electron chi connectivity index (χ0n) is 8.58. The van der Waals surface area contributed by atoms with Gasteiger partial charge in [0.05, 0.1) is 23.4 Å². The molecule has 0 aliphatic rings. The molecule has 0 saturated carbocycles. The first-order valence-electron chi connectivity index (χ1n) is 4.90. The van der Waals surface area contributed by atoms with Gasteiger partial charge in [0.25, 0.3) is 0 Å². The average molecular weight is 263 g/mol. The Labute approximate surface area is 108 Å². The number of benzene rings is 1. The molecule has 2 heterocycles. The van der Waals surface area contributed by atoms with Crippen LogP contribution in [0.2, 0.25) is 5.15 Å². The van der Waals surface area contributed by atoms with E-state index in [0.29, 0.717) is 16.1 Å². The minimum atomic E-state index is 0.341. The summed E-state index contributed by atoms with van der Waals surface area (Å²) in [5.74, 6) is 0.608. The summed E-state index contributed by atoms with van der Waals surface area (Å²) in [5.41, 5.74) is 1.79. The highest BCUT2D eigenvalue weighted by Gasteiger charge is 2.10. The van der Waals surface area contributed by atoms with Gasteiger partial charge in [-0.15, -0.1) is 12.6 Å². The Bertz CT molecular complexity index is 695. The van der Waals surface area contributed by atoms with Crippen LogP contribution in [0.15, 0.2) is 41.8 Å². The topological polar surface area (TPSA) is 43.6 Å². The smallest absolute Gasteiger partial charge is 0.171 e. The first kappa shape index (κ1) is 10.6. The largest absolute Gasteiger partial charge is 0.270 e. The third-order valence-corrected chi connectivity index (χ3v) is 2.85. The number of thiol groups is 1. The Morgan fingerprint density at radius 2 is 1.94 bits per heavy atom. The molecule has 0 N–H and O–H groups in total. The Kier molecular flexibility index (Phi) is 2.49. The van der Waals surface area contributed by atoms with Crippen LogP contribution in [0.3, 0.4) is 0 Å². The summed E-state index contributed by atoms with van der Waals surface area (Å²) in [6, 6.07) is 7.73. The number of hydrogen-bond donors (Lipinski definition) is 1. The van der Waals surface area contributed by atoms with E-state index in [-0.39, 0.29) is 0 Å². The monoisotopic (exact) mass is 262 g/mol. The molecule has 0 unspecified atom stereocenters. The van der Waals surface area contributed by atoms with E-state index in [2.05, 4.69) is 27.6 Å². The highest BCUT2D eigenvalue weighted by atomic mass is 35.5. The van der Waals surface area contributed by atoms with Gasteiger partial charge in [0.2, 0.25) is 0 Å². The van der Waals surface area contributed by atoms with Gasteiger partial charge in [-0.1, -0.05) is 23.7 Å². The molecule has 17 heavy (non-hydrogen) atoms. The molecule has 3 rings (SSSR count). The van der Waals surface area contributed by atoms with E-state index < -0.39 is 0 Å². The zero-order valence-corrected chi connectivity index (χ0v) is 10.2. The maximum atomic E-state index is 5.83. The van der Waals surface area contributed by atoms with Gasteiger partial charge in [-0.3, -0.25) is 9.55 Å². The van der Waals surface area contributed by atoms with Gasteiger partial charge in [0.1, 0.15) is 5.15 Å². The van der Waals surface area contributed by atoms with Crippen molar-refractivity contribution in [3.63, 3.8) is 0 Å². The summed E-state index contributed by atoms with van der Waals surface area (Å²) in [6.07, 6.45) is 3.11. The number of fused-ring (bicyclic) bond motifs is 1. The lowest BCUT2D eigenvalue weighted by molar-refractivity contribution is 0.881. The minimum Gasteiger partial charge on any atom is -0.270 e. The van der Waals surface area contributed by atoms with Gasteiger partial charge < -0.3 is 0 Å². The van der Waals surface area contributed by atoms with Crippen LogP contribution in [0.4, 0.5) is 0 Å². The number of nitrogens with zero attached hydrogens (tertiary/aromatic N) is 4. The Hall–Kier alpha value is -1.59. The van der Waals surface area contributed by atoms with E-state index in [0.717, 1.165) is 11.0 Å². The number of rotatable bonds is 1. The average Bonchev–Trinajstić information content (AvgIpc) is 2.64. The molecular weight excluding hydrogens is 256 g/mol. The van der Waals surface area contributed by atoms with E-state index in [1.54, 1.807) is 10.8 Å². The normalized spacial score (nSPS) is 10.9. The molecule has 0 aliphatic carbocycles. The molecule has 0 saturated heterocycles.